The number of carbonyl (C=O) groups is 1. The molecule has 0 amide bonds. The van der Waals surface area contributed by atoms with Gasteiger partial charge in [0, 0.05) is 25.7 Å². The van der Waals surface area contributed by atoms with Gasteiger partial charge in [-0.3, -0.25) is 14.6 Å². The number of hydrogen-bond donors (Lipinski definition) is 0. The minimum Gasteiger partial charge on any atom is -0.493 e. The van der Waals surface area contributed by atoms with Crippen LogP contribution in [-0.4, -0.2) is 76.2 Å². The summed E-state index contributed by atoms with van der Waals surface area (Å²) in [6.45, 7) is 1.86. The maximum Gasteiger partial charge on any atom is 0.226 e. The number of methoxy groups -OCH3 is 3. The standard InChI is InChI=1S/C37H42N2O6/c1-38-14-12-24-19-31(42-4)33-21-27(24)28(38)16-22-6-9-26(10-7-22)44-32-18-23(8-11-30(32)41-3)17-29-35-25(13-15-39(29)2)20-34(43-5)36(40)37(35)45-33/h6-11,18-19,21,25,28-29,34H,12-17,20H2,1-5H3. The molecule has 0 aromatic heterocycles. The smallest absolute Gasteiger partial charge is 0.226 e. The summed E-state index contributed by atoms with van der Waals surface area (Å²) in [4.78, 5) is 18.8. The van der Waals surface area contributed by atoms with Crippen LogP contribution in [0.3, 0.4) is 0 Å². The summed E-state index contributed by atoms with van der Waals surface area (Å²) in [5, 5.41) is 0. The molecule has 4 unspecified atom stereocenters. The lowest BCUT2D eigenvalue weighted by Crippen LogP contribution is -2.49. The number of carbonyl (C=O) groups excluding carboxylic acids is 1. The number of nitrogens with zero attached hydrogens (tertiary/aromatic N) is 2. The van der Waals surface area contributed by atoms with Crippen molar-refractivity contribution >= 4 is 5.78 Å². The van der Waals surface area contributed by atoms with Crippen molar-refractivity contribution in [3.8, 4) is 28.7 Å². The van der Waals surface area contributed by atoms with E-state index in [1.807, 2.05) is 18.2 Å². The SMILES string of the molecule is COc1cc2c3cc1OC1=C4C(CCN(C)C4Cc4ccc(OC)c(c4)Oc4ccc(cc4)CC3N(C)CC2)CC(OC)C1=O. The quantitative estimate of drug-likeness (QED) is 0.371. The summed E-state index contributed by atoms with van der Waals surface area (Å²) in [7, 11) is 9.25. The molecule has 8 nitrogen and oxygen atoms in total. The largest absolute Gasteiger partial charge is 0.493 e. The van der Waals surface area contributed by atoms with Crippen LogP contribution in [0.25, 0.3) is 0 Å². The first-order valence-electron chi connectivity index (χ1n) is 15.9. The molecule has 1 fully saturated rings. The fourth-order valence-corrected chi connectivity index (χ4v) is 7.64. The van der Waals surface area contributed by atoms with Crippen molar-refractivity contribution in [2.45, 2.75) is 50.3 Å². The van der Waals surface area contributed by atoms with E-state index in [4.69, 9.17) is 23.7 Å². The molecule has 8 rings (SSSR count). The number of ketones is 1. The average Bonchev–Trinajstić information content (AvgIpc) is 3.05. The normalized spacial score (nSPS) is 25.0. The number of likely N-dealkylation sites (N-methyl/N-ethyl adjacent to an activating group) is 2. The fourth-order valence-electron chi connectivity index (χ4n) is 7.64. The Kier molecular flexibility index (Phi) is 8.06. The van der Waals surface area contributed by atoms with Crippen molar-refractivity contribution in [1.82, 2.24) is 9.80 Å². The molecular formula is C37H42N2O6. The zero-order valence-electron chi connectivity index (χ0n) is 26.8. The van der Waals surface area contributed by atoms with Crippen molar-refractivity contribution in [1.29, 1.82) is 0 Å². The first-order chi connectivity index (χ1) is 21.9. The molecule has 4 atom stereocenters. The number of piperidine rings is 1. The lowest BCUT2D eigenvalue weighted by molar-refractivity contribution is -0.129. The number of benzene rings is 3. The summed E-state index contributed by atoms with van der Waals surface area (Å²) < 4.78 is 30.6. The van der Waals surface area contributed by atoms with Crippen molar-refractivity contribution in [2.75, 3.05) is 48.5 Å². The fraction of sp³-hybridized carbons (Fsp3) is 0.432. The summed E-state index contributed by atoms with van der Waals surface area (Å²) in [6.07, 6.45) is 3.47. The molecule has 1 saturated heterocycles. The van der Waals surface area contributed by atoms with E-state index in [-0.39, 0.29) is 23.8 Å². The average molecular weight is 611 g/mol. The van der Waals surface area contributed by atoms with Gasteiger partial charge in [0.05, 0.1) is 14.2 Å². The Morgan fingerprint density at radius 2 is 1.49 bits per heavy atom. The molecular weight excluding hydrogens is 568 g/mol. The van der Waals surface area contributed by atoms with Crippen LogP contribution in [0.1, 0.15) is 41.1 Å². The van der Waals surface area contributed by atoms with Crippen LogP contribution in [0, 0.1) is 5.92 Å². The topological polar surface area (TPSA) is 69.7 Å². The number of rotatable bonds is 3. The van der Waals surface area contributed by atoms with Gasteiger partial charge in [0.25, 0.3) is 0 Å². The minimum absolute atomic E-state index is 0.0394. The molecule has 3 aromatic rings. The van der Waals surface area contributed by atoms with E-state index in [1.54, 1.807) is 21.3 Å². The molecule has 236 valence electrons. The van der Waals surface area contributed by atoms with Crippen molar-refractivity contribution in [3.63, 3.8) is 0 Å². The highest BCUT2D eigenvalue weighted by molar-refractivity contribution is 5.99. The van der Waals surface area contributed by atoms with Gasteiger partial charge in [0.15, 0.2) is 28.8 Å². The van der Waals surface area contributed by atoms with Crippen LogP contribution in [0.5, 0.6) is 28.7 Å². The first kappa shape index (κ1) is 29.8. The van der Waals surface area contributed by atoms with Gasteiger partial charge in [-0.05, 0) is 123 Å². The van der Waals surface area contributed by atoms with Crippen LogP contribution in [0.15, 0.2) is 65.9 Å². The molecule has 0 saturated carbocycles. The highest BCUT2D eigenvalue weighted by atomic mass is 16.5. The molecule has 5 aliphatic rings. The van der Waals surface area contributed by atoms with Gasteiger partial charge in [0.2, 0.25) is 5.78 Å². The van der Waals surface area contributed by atoms with Gasteiger partial charge in [0.1, 0.15) is 11.9 Å². The molecule has 3 aromatic carbocycles. The Morgan fingerprint density at radius 1 is 0.778 bits per heavy atom. The maximum atomic E-state index is 14.1. The molecule has 45 heavy (non-hydrogen) atoms. The molecule has 4 heterocycles. The maximum absolute atomic E-state index is 14.1. The summed E-state index contributed by atoms with van der Waals surface area (Å²) in [5.74, 6) is 3.78. The van der Waals surface area contributed by atoms with Gasteiger partial charge < -0.3 is 23.7 Å². The van der Waals surface area contributed by atoms with Gasteiger partial charge >= 0.3 is 0 Å². The molecule has 1 aliphatic carbocycles. The van der Waals surface area contributed by atoms with Gasteiger partial charge in [-0.2, -0.15) is 0 Å². The summed E-state index contributed by atoms with van der Waals surface area (Å²) in [5.41, 5.74) is 5.79. The van der Waals surface area contributed by atoms with E-state index in [2.05, 4.69) is 60.3 Å². The van der Waals surface area contributed by atoms with E-state index in [0.717, 1.165) is 49.2 Å². The molecule has 6 bridgehead atoms. The second-order valence-corrected chi connectivity index (χ2v) is 12.8. The van der Waals surface area contributed by atoms with Gasteiger partial charge in [-0.1, -0.05) is 18.2 Å². The summed E-state index contributed by atoms with van der Waals surface area (Å²) in [6, 6.07) is 18.8. The predicted molar refractivity (Wildman–Crippen MR) is 172 cm³/mol. The summed E-state index contributed by atoms with van der Waals surface area (Å²) >= 11 is 0. The predicted octanol–water partition coefficient (Wildman–Crippen LogP) is 5.76. The van der Waals surface area contributed by atoms with Crippen molar-refractivity contribution in [3.05, 3.63) is 88.2 Å². The van der Waals surface area contributed by atoms with E-state index in [9.17, 15) is 4.79 Å². The van der Waals surface area contributed by atoms with E-state index < -0.39 is 6.10 Å². The number of hydrogen-bond acceptors (Lipinski definition) is 8. The molecule has 4 aliphatic heterocycles. The van der Waals surface area contributed by atoms with E-state index >= 15 is 0 Å². The van der Waals surface area contributed by atoms with Gasteiger partial charge in [-0.15, -0.1) is 0 Å². The Balaban J connectivity index is 1.43. The lowest BCUT2D eigenvalue weighted by Gasteiger charge is -2.44. The minimum atomic E-state index is -0.540. The zero-order chi connectivity index (χ0) is 31.2. The van der Waals surface area contributed by atoms with Crippen molar-refractivity contribution < 1.29 is 28.5 Å². The van der Waals surface area contributed by atoms with Crippen LogP contribution in [0.2, 0.25) is 0 Å². The Labute approximate surface area is 265 Å². The Morgan fingerprint density at radius 3 is 2.24 bits per heavy atom. The monoisotopic (exact) mass is 610 g/mol. The van der Waals surface area contributed by atoms with Gasteiger partial charge in [-0.25, -0.2) is 0 Å². The molecule has 0 N–H and O–H groups in total. The molecule has 0 radical (unpaired) electrons. The number of fused-ring (bicyclic) bond motifs is 2. The second-order valence-electron chi connectivity index (χ2n) is 12.8. The molecule has 0 spiro atoms. The number of ether oxygens (including phenoxy) is 5. The van der Waals surface area contributed by atoms with Crippen molar-refractivity contribution in [2.24, 2.45) is 5.92 Å². The second kappa shape index (κ2) is 12.2. The van der Waals surface area contributed by atoms with Crippen LogP contribution >= 0.6 is 0 Å². The Bertz CT molecular complexity index is 1630. The van der Waals surface area contributed by atoms with E-state index in [0.29, 0.717) is 41.6 Å². The van der Waals surface area contributed by atoms with Crippen LogP contribution in [0.4, 0.5) is 0 Å². The number of likely N-dealkylation sites (tertiary alicyclic amines) is 1. The lowest BCUT2D eigenvalue weighted by atomic mass is 9.74. The number of Topliss-reactive ketones (excluding diaryl/α,β-unsaturated/α-hetero) is 1. The first-order valence-corrected chi connectivity index (χ1v) is 15.9. The Hall–Kier alpha value is -3.85. The van der Waals surface area contributed by atoms with Crippen LogP contribution in [-0.2, 0) is 28.8 Å². The molecule has 8 heteroatoms. The van der Waals surface area contributed by atoms with Crippen LogP contribution < -0.4 is 18.9 Å². The van der Waals surface area contributed by atoms with E-state index in [1.165, 1.54) is 16.7 Å². The highest BCUT2D eigenvalue weighted by Gasteiger charge is 2.44. The highest BCUT2D eigenvalue weighted by Crippen LogP contribution is 2.45. The third-order valence-electron chi connectivity index (χ3n) is 10.2. The third-order valence-corrected chi connectivity index (χ3v) is 10.2. The third kappa shape index (κ3) is 5.49. The zero-order valence-corrected chi connectivity index (χ0v) is 26.8.